The molecule has 2 aromatic heterocycles. The van der Waals surface area contributed by atoms with Crippen LogP contribution in [0.3, 0.4) is 0 Å². The van der Waals surface area contributed by atoms with E-state index in [1.54, 1.807) is 11.3 Å². The molecule has 0 aliphatic heterocycles. The summed E-state index contributed by atoms with van der Waals surface area (Å²) in [5, 5.41) is 3.86. The highest BCUT2D eigenvalue weighted by molar-refractivity contribution is 7.99. The summed E-state index contributed by atoms with van der Waals surface area (Å²) in [6, 6.07) is 9.89. The number of thiazole rings is 1. The maximum absolute atomic E-state index is 6.41. The van der Waals surface area contributed by atoms with Crippen LogP contribution in [-0.4, -0.2) is 9.38 Å². The lowest BCUT2D eigenvalue weighted by Gasteiger charge is -2.12. The molecular weight excluding hydrogens is 474 g/mol. The second-order valence-electron chi connectivity index (χ2n) is 5.19. The fourth-order valence-corrected chi connectivity index (χ4v) is 5.75. The Morgan fingerprint density at radius 3 is 2.12 bits per heavy atom. The van der Waals surface area contributed by atoms with Crippen molar-refractivity contribution in [2.75, 3.05) is 0 Å². The molecule has 2 heterocycles. The van der Waals surface area contributed by atoms with Crippen LogP contribution in [0.2, 0.25) is 25.1 Å². The Hall–Kier alpha value is -0.590. The van der Waals surface area contributed by atoms with Crippen LogP contribution in [0.5, 0.6) is 0 Å². The summed E-state index contributed by atoms with van der Waals surface area (Å²) in [6.07, 6.45) is 1.95. The van der Waals surface area contributed by atoms with E-state index in [2.05, 4.69) is 0 Å². The first-order valence-electron chi connectivity index (χ1n) is 7.19. The van der Waals surface area contributed by atoms with Gasteiger partial charge in [0, 0.05) is 17.1 Å². The Kier molecular flexibility index (Phi) is 5.37. The maximum atomic E-state index is 6.41. The first-order valence-corrected chi connectivity index (χ1v) is 10.8. The monoisotopic (exact) mass is 478 g/mol. The lowest BCUT2D eigenvalue weighted by atomic mass is 10.2. The van der Waals surface area contributed by atoms with E-state index in [0.29, 0.717) is 4.90 Å². The van der Waals surface area contributed by atoms with Gasteiger partial charge in [0.2, 0.25) is 0 Å². The minimum Gasteiger partial charge on any atom is -0.284 e. The van der Waals surface area contributed by atoms with Crippen molar-refractivity contribution in [2.24, 2.45) is 0 Å². The molecule has 0 aliphatic carbocycles. The van der Waals surface area contributed by atoms with Crippen LogP contribution in [0.15, 0.2) is 51.8 Å². The van der Waals surface area contributed by atoms with E-state index in [-0.39, 0.29) is 25.1 Å². The topological polar surface area (TPSA) is 17.3 Å². The standard InChI is InChI=1S/C17H7Cl5N2S2/c18-9-10(19)12(21)15(13(22)11(9)20)26-16-14(8-4-2-1-3-5-8)23-17-24(16)6-7-25-17/h1-7H. The predicted molar refractivity (Wildman–Crippen MR) is 114 cm³/mol. The van der Waals surface area contributed by atoms with Crippen molar-refractivity contribution in [3.8, 4) is 11.3 Å². The largest absolute Gasteiger partial charge is 0.284 e. The smallest absolute Gasteiger partial charge is 0.195 e. The molecule has 0 saturated carbocycles. The van der Waals surface area contributed by atoms with Crippen molar-refractivity contribution in [3.63, 3.8) is 0 Å². The molecule has 2 aromatic carbocycles. The zero-order valence-electron chi connectivity index (χ0n) is 12.6. The van der Waals surface area contributed by atoms with Gasteiger partial charge in [0.15, 0.2) is 4.96 Å². The second-order valence-corrected chi connectivity index (χ2v) is 8.95. The minimum atomic E-state index is 0.143. The number of benzene rings is 2. The van der Waals surface area contributed by atoms with E-state index in [1.807, 2.05) is 46.3 Å². The van der Waals surface area contributed by atoms with Crippen molar-refractivity contribution in [2.45, 2.75) is 9.92 Å². The zero-order chi connectivity index (χ0) is 18.4. The molecule has 4 rings (SSSR count). The van der Waals surface area contributed by atoms with E-state index in [4.69, 9.17) is 63.0 Å². The fraction of sp³-hybridized carbons (Fsp3) is 0. The Balaban J connectivity index is 1.93. The molecule has 132 valence electrons. The number of rotatable bonds is 3. The SMILES string of the molecule is Clc1c(Cl)c(Cl)c(Sc2c(-c3ccccc3)nc3sccn23)c(Cl)c1Cl. The van der Waals surface area contributed by atoms with Gasteiger partial charge in [0.05, 0.1) is 30.0 Å². The highest BCUT2D eigenvalue weighted by atomic mass is 35.5. The molecule has 26 heavy (non-hydrogen) atoms. The Morgan fingerprint density at radius 2 is 1.46 bits per heavy atom. The normalized spacial score (nSPS) is 11.4. The zero-order valence-corrected chi connectivity index (χ0v) is 18.1. The van der Waals surface area contributed by atoms with Crippen LogP contribution >= 0.6 is 81.1 Å². The fourth-order valence-electron chi connectivity index (χ4n) is 2.42. The summed E-state index contributed by atoms with van der Waals surface area (Å²) in [7, 11) is 0. The number of imidazole rings is 1. The Labute approximate surface area is 182 Å². The molecule has 9 heteroatoms. The third-order valence-electron chi connectivity index (χ3n) is 3.63. The molecule has 4 aromatic rings. The van der Waals surface area contributed by atoms with Crippen LogP contribution in [0.1, 0.15) is 0 Å². The molecule has 0 aliphatic rings. The third-order valence-corrected chi connectivity index (χ3v) is 8.09. The summed E-state index contributed by atoms with van der Waals surface area (Å²) in [4.78, 5) is 6.15. The molecule has 0 amide bonds. The first-order chi connectivity index (χ1) is 12.5. The predicted octanol–water partition coefficient (Wildman–Crippen LogP) is 8.48. The van der Waals surface area contributed by atoms with Crippen molar-refractivity contribution in [1.82, 2.24) is 9.38 Å². The number of hydrogen-bond acceptors (Lipinski definition) is 3. The highest BCUT2D eigenvalue weighted by Crippen LogP contribution is 2.50. The van der Waals surface area contributed by atoms with E-state index >= 15 is 0 Å². The Morgan fingerprint density at radius 1 is 0.846 bits per heavy atom. The van der Waals surface area contributed by atoms with Crippen LogP contribution in [0.4, 0.5) is 0 Å². The average Bonchev–Trinajstić information content (AvgIpc) is 3.24. The van der Waals surface area contributed by atoms with Gasteiger partial charge < -0.3 is 0 Å². The molecule has 0 spiro atoms. The van der Waals surface area contributed by atoms with E-state index in [9.17, 15) is 0 Å². The summed E-state index contributed by atoms with van der Waals surface area (Å²) in [5.74, 6) is 0. The van der Waals surface area contributed by atoms with Gasteiger partial charge in [0.1, 0.15) is 10.7 Å². The quantitative estimate of drug-likeness (QED) is 0.216. The second kappa shape index (κ2) is 7.44. The average molecular weight is 481 g/mol. The molecule has 0 radical (unpaired) electrons. The number of aromatic nitrogens is 2. The third kappa shape index (κ3) is 3.12. The lowest BCUT2D eigenvalue weighted by Crippen LogP contribution is -1.88. The van der Waals surface area contributed by atoms with Crippen LogP contribution in [0.25, 0.3) is 16.2 Å². The number of nitrogens with zero attached hydrogens (tertiary/aromatic N) is 2. The van der Waals surface area contributed by atoms with Gasteiger partial charge >= 0.3 is 0 Å². The van der Waals surface area contributed by atoms with Gasteiger partial charge in [-0.3, -0.25) is 4.40 Å². The molecular formula is C17H7Cl5N2S2. The molecule has 2 nitrogen and oxygen atoms in total. The maximum Gasteiger partial charge on any atom is 0.195 e. The van der Waals surface area contributed by atoms with Crippen molar-refractivity contribution < 1.29 is 0 Å². The molecule has 0 N–H and O–H groups in total. The van der Waals surface area contributed by atoms with Crippen molar-refractivity contribution >= 4 is 86.1 Å². The van der Waals surface area contributed by atoms with Gasteiger partial charge in [0.25, 0.3) is 0 Å². The first kappa shape index (κ1) is 18.8. The van der Waals surface area contributed by atoms with Gasteiger partial charge in [-0.25, -0.2) is 4.98 Å². The van der Waals surface area contributed by atoms with Gasteiger partial charge in [-0.1, -0.05) is 100 Å². The summed E-state index contributed by atoms with van der Waals surface area (Å²) < 4.78 is 1.99. The highest BCUT2D eigenvalue weighted by Gasteiger charge is 2.23. The van der Waals surface area contributed by atoms with Gasteiger partial charge in [-0.05, 0) is 0 Å². The molecule has 0 atom stereocenters. The van der Waals surface area contributed by atoms with Crippen LogP contribution < -0.4 is 0 Å². The summed E-state index contributed by atoms with van der Waals surface area (Å²) in [5.41, 5.74) is 1.82. The molecule has 0 saturated heterocycles. The van der Waals surface area contributed by atoms with Crippen LogP contribution in [-0.2, 0) is 0 Å². The molecule has 0 bridgehead atoms. The summed E-state index contributed by atoms with van der Waals surface area (Å²) >= 11 is 34.2. The van der Waals surface area contributed by atoms with Crippen LogP contribution in [0, 0.1) is 0 Å². The molecule has 0 unspecified atom stereocenters. The number of fused-ring (bicyclic) bond motifs is 1. The van der Waals surface area contributed by atoms with Gasteiger partial charge in [-0.2, -0.15) is 0 Å². The van der Waals surface area contributed by atoms with Crippen molar-refractivity contribution in [1.29, 1.82) is 0 Å². The van der Waals surface area contributed by atoms with E-state index in [0.717, 1.165) is 21.2 Å². The molecule has 0 fully saturated rings. The number of hydrogen-bond donors (Lipinski definition) is 0. The minimum absolute atomic E-state index is 0.143. The van der Waals surface area contributed by atoms with E-state index < -0.39 is 0 Å². The van der Waals surface area contributed by atoms with Crippen molar-refractivity contribution in [3.05, 3.63) is 67.0 Å². The van der Waals surface area contributed by atoms with Gasteiger partial charge in [-0.15, -0.1) is 11.3 Å². The number of halogens is 5. The Bertz CT molecular complexity index is 1090. The van der Waals surface area contributed by atoms with E-state index in [1.165, 1.54) is 11.8 Å². The summed E-state index contributed by atoms with van der Waals surface area (Å²) in [6.45, 7) is 0. The lowest BCUT2D eigenvalue weighted by molar-refractivity contribution is 1.07.